The summed E-state index contributed by atoms with van der Waals surface area (Å²) in [5, 5.41) is 0. The van der Waals surface area contributed by atoms with Crippen molar-refractivity contribution in [2.75, 3.05) is 25.5 Å². The SMILES string of the molecule is CN(C)c1ccccc1C1CCC(C)(N(CCCc2ccccc2)Cc2ccccc2)CC1. The van der Waals surface area contributed by atoms with Gasteiger partial charge in [-0.15, -0.1) is 0 Å². The molecule has 0 amide bonds. The second-order valence-electron chi connectivity index (χ2n) is 10.2. The van der Waals surface area contributed by atoms with E-state index >= 15 is 0 Å². The Balaban J connectivity index is 1.45. The summed E-state index contributed by atoms with van der Waals surface area (Å²) in [5.41, 5.74) is 6.05. The molecule has 0 heterocycles. The molecule has 0 aromatic heterocycles. The molecule has 0 atom stereocenters. The van der Waals surface area contributed by atoms with Gasteiger partial charge in [-0.05, 0) is 80.7 Å². The molecule has 0 unspecified atom stereocenters. The van der Waals surface area contributed by atoms with Gasteiger partial charge in [0.1, 0.15) is 0 Å². The molecule has 0 N–H and O–H groups in total. The minimum atomic E-state index is 0.260. The number of rotatable bonds is 9. The summed E-state index contributed by atoms with van der Waals surface area (Å²) in [4.78, 5) is 5.06. The predicted molar refractivity (Wildman–Crippen MR) is 142 cm³/mol. The number of hydrogen-bond donors (Lipinski definition) is 0. The van der Waals surface area contributed by atoms with Gasteiger partial charge in [0.2, 0.25) is 0 Å². The summed E-state index contributed by atoms with van der Waals surface area (Å²) in [6, 6.07) is 31.0. The van der Waals surface area contributed by atoms with Crippen LogP contribution in [0.3, 0.4) is 0 Å². The molecule has 0 bridgehead atoms. The topological polar surface area (TPSA) is 6.48 Å². The zero-order valence-corrected chi connectivity index (χ0v) is 20.7. The van der Waals surface area contributed by atoms with Crippen LogP contribution in [-0.2, 0) is 13.0 Å². The highest BCUT2D eigenvalue weighted by Crippen LogP contribution is 2.43. The zero-order valence-electron chi connectivity index (χ0n) is 20.7. The van der Waals surface area contributed by atoms with E-state index in [1.165, 1.54) is 54.5 Å². The van der Waals surface area contributed by atoms with Gasteiger partial charge in [-0.2, -0.15) is 0 Å². The van der Waals surface area contributed by atoms with E-state index in [-0.39, 0.29) is 5.54 Å². The predicted octanol–water partition coefficient (Wildman–Crippen LogP) is 7.30. The van der Waals surface area contributed by atoms with E-state index < -0.39 is 0 Å². The molecule has 1 aliphatic rings. The molecule has 33 heavy (non-hydrogen) atoms. The van der Waals surface area contributed by atoms with Crippen LogP contribution in [-0.4, -0.2) is 31.1 Å². The van der Waals surface area contributed by atoms with Crippen LogP contribution in [0.1, 0.15) is 61.6 Å². The summed E-state index contributed by atoms with van der Waals surface area (Å²) < 4.78 is 0. The third-order valence-corrected chi connectivity index (χ3v) is 7.64. The maximum atomic E-state index is 2.79. The van der Waals surface area contributed by atoms with Gasteiger partial charge in [0, 0.05) is 31.9 Å². The largest absolute Gasteiger partial charge is 0.377 e. The van der Waals surface area contributed by atoms with Crippen LogP contribution in [0.15, 0.2) is 84.9 Å². The molecule has 0 saturated heterocycles. The van der Waals surface area contributed by atoms with Crippen molar-refractivity contribution < 1.29 is 0 Å². The fourth-order valence-corrected chi connectivity index (χ4v) is 5.57. The van der Waals surface area contributed by atoms with Crippen molar-refractivity contribution >= 4 is 5.69 Å². The highest BCUT2D eigenvalue weighted by atomic mass is 15.2. The molecular formula is C31H40N2. The number of hydrogen-bond acceptors (Lipinski definition) is 2. The molecule has 2 heteroatoms. The van der Waals surface area contributed by atoms with Crippen molar-refractivity contribution in [1.29, 1.82) is 0 Å². The molecule has 174 valence electrons. The second-order valence-corrected chi connectivity index (χ2v) is 10.2. The summed E-state index contributed by atoms with van der Waals surface area (Å²) in [7, 11) is 4.33. The van der Waals surface area contributed by atoms with E-state index in [0.29, 0.717) is 5.92 Å². The average Bonchev–Trinajstić information content (AvgIpc) is 2.85. The number of anilines is 1. The first-order valence-corrected chi connectivity index (χ1v) is 12.6. The fraction of sp³-hybridized carbons (Fsp3) is 0.419. The standard InChI is InChI=1S/C31H40N2/c1-31(22-20-28(21-23-31)29-18-10-11-19-30(29)32(2)3)33(25-27-15-8-5-9-16-27)24-12-17-26-13-6-4-7-14-26/h4-11,13-16,18-19,28H,12,17,20-25H2,1-3H3. The van der Waals surface area contributed by atoms with Gasteiger partial charge in [-0.25, -0.2) is 0 Å². The molecular weight excluding hydrogens is 400 g/mol. The monoisotopic (exact) mass is 440 g/mol. The van der Waals surface area contributed by atoms with Crippen molar-refractivity contribution in [3.8, 4) is 0 Å². The highest BCUT2D eigenvalue weighted by molar-refractivity contribution is 5.54. The minimum absolute atomic E-state index is 0.260. The van der Waals surface area contributed by atoms with E-state index in [2.05, 4.69) is 116 Å². The minimum Gasteiger partial charge on any atom is -0.377 e. The van der Waals surface area contributed by atoms with Gasteiger partial charge in [0.25, 0.3) is 0 Å². The summed E-state index contributed by atoms with van der Waals surface area (Å²) in [5.74, 6) is 0.666. The van der Waals surface area contributed by atoms with E-state index in [4.69, 9.17) is 0 Å². The van der Waals surface area contributed by atoms with Gasteiger partial charge in [0.05, 0.1) is 0 Å². The van der Waals surface area contributed by atoms with Crippen molar-refractivity contribution in [1.82, 2.24) is 4.90 Å². The van der Waals surface area contributed by atoms with Crippen LogP contribution < -0.4 is 4.90 Å². The first-order chi connectivity index (χ1) is 16.0. The Kier molecular flexibility index (Phi) is 7.88. The summed E-state index contributed by atoms with van der Waals surface area (Å²) >= 11 is 0. The third kappa shape index (κ3) is 6.06. The maximum Gasteiger partial charge on any atom is 0.0396 e. The van der Waals surface area contributed by atoms with Gasteiger partial charge in [0.15, 0.2) is 0 Å². The Morgan fingerprint density at radius 1 is 0.758 bits per heavy atom. The molecule has 1 fully saturated rings. The van der Waals surface area contributed by atoms with Crippen LogP contribution in [0.4, 0.5) is 5.69 Å². The Bertz CT molecular complexity index is 972. The number of aryl methyl sites for hydroxylation is 1. The van der Waals surface area contributed by atoms with Gasteiger partial charge >= 0.3 is 0 Å². The maximum absolute atomic E-state index is 2.79. The number of benzene rings is 3. The summed E-state index contributed by atoms with van der Waals surface area (Å²) in [6.45, 7) is 4.72. The molecule has 1 saturated carbocycles. The lowest BCUT2D eigenvalue weighted by Crippen LogP contribution is -2.48. The Labute approximate surface area is 201 Å². The van der Waals surface area contributed by atoms with E-state index in [0.717, 1.165) is 19.5 Å². The van der Waals surface area contributed by atoms with Crippen LogP contribution in [0.2, 0.25) is 0 Å². The number of para-hydroxylation sites is 1. The lowest BCUT2D eigenvalue weighted by molar-refractivity contribution is 0.0519. The molecule has 1 aliphatic carbocycles. The molecule has 0 radical (unpaired) electrons. The van der Waals surface area contributed by atoms with Crippen LogP contribution in [0.25, 0.3) is 0 Å². The first-order valence-electron chi connectivity index (χ1n) is 12.6. The molecule has 3 aromatic rings. The fourth-order valence-electron chi connectivity index (χ4n) is 5.57. The Morgan fingerprint density at radius 2 is 1.33 bits per heavy atom. The Morgan fingerprint density at radius 3 is 1.97 bits per heavy atom. The lowest BCUT2D eigenvalue weighted by Gasteiger charge is -2.46. The zero-order chi connectivity index (χ0) is 23.1. The van der Waals surface area contributed by atoms with Gasteiger partial charge in [-0.1, -0.05) is 78.9 Å². The van der Waals surface area contributed by atoms with Gasteiger partial charge < -0.3 is 4.90 Å². The van der Waals surface area contributed by atoms with Crippen molar-refractivity contribution in [3.05, 3.63) is 102 Å². The third-order valence-electron chi connectivity index (χ3n) is 7.64. The van der Waals surface area contributed by atoms with E-state index in [1.807, 2.05) is 0 Å². The van der Waals surface area contributed by atoms with Crippen LogP contribution >= 0.6 is 0 Å². The van der Waals surface area contributed by atoms with Crippen LogP contribution in [0.5, 0.6) is 0 Å². The van der Waals surface area contributed by atoms with Crippen molar-refractivity contribution in [2.45, 2.75) is 63.5 Å². The second kappa shape index (κ2) is 11.0. The molecule has 4 rings (SSSR count). The van der Waals surface area contributed by atoms with Crippen LogP contribution in [0, 0.1) is 0 Å². The molecule has 2 nitrogen and oxygen atoms in total. The Hall–Kier alpha value is -2.58. The average molecular weight is 441 g/mol. The quantitative estimate of drug-likeness (QED) is 0.344. The molecule has 0 aliphatic heterocycles. The van der Waals surface area contributed by atoms with Crippen molar-refractivity contribution in [2.24, 2.45) is 0 Å². The van der Waals surface area contributed by atoms with Gasteiger partial charge in [-0.3, -0.25) is 4.90 Å². The van der Waals surface area contributed by atoms with E-state index in [1.54, 1.807) is 0 Å². The van der Waals surface area contributed by atoms with E-state index in [9.17, 15) is 0 Å². The lowest BCUT2D eigenvalue weighted by atomic mass is 9.73. The molecule has 0 spiro atoms. The highest BCUT2D eigenvalue weighted by Gasteiger charge is 2.37. The first kappa shape index (κ1) is 23.6. The van der Waals surface area contributed by atoms with Crippen molar-refractivity contribution in [3.63, 3.8) is 0 Å². The summed E-state index contributed by atoms with van der Waals surface area (Å²) in [6.07, 6.45) is 7.42. The molecule has 3 aromatic carbocycles. The smallest absolute Gasteiger partial charge is 0.0396 e. The number of nitrogens with zero attached hydrogens (tertiary/aromatic N) is 2. The normalized spacial score (nSPS) is 20.7.